The summed E-state index contributed by atoms with van der Waals surface area (Å²) >= 11 is 6.74. The van der Waals surface area contributed by atoms with E-state index in [1.807, 2.05) is 18.7 Å². The normalized spacial score (nSPS) is 16.9. The molecule has 1 amide bonds. The van der Waals surface area contributed by atoms with Gasteiger partial charge in [0.1, 0.15) is 0 Å². The van der Waals surface area contributed by atoms with Crippen LogP contribution in [0.15, 0.2) is 0 Å². The van der Waals surface area contributed by atoms with Crippen molar-refractivity contribution >= 4 is 34.8 Å². The molecule has 1 aliphatic rings. The quantitative estimate of drug-likeness (QED) is 0.676. The van der Waals surface area contributed by atoms with E-state index < -0.39 is 5.69 Å². The van der Waals surface area contributed by atoms with Gasteiger partial charge in [-0.1, -0.05) is 11.4 Å². The molecule has 0 aromatic heterocycles. The van der Waals surface area contributed by atoms with E-state index in [9.17, 15) is 4.79 Å². The Morgan fingerprint density at radius 3 is 2.28 bits per heavy atom. The Bertz CT molecular complexity index is 299. The highest BCUT2D eigenvalue weighted by molar-refractivity contribution is 8.68. The van der Waals surface area contributed by atoms with Crippen LogP contribution in [0.5, 0.6) is 0 Å². The average molecular weight is 311 g/mol. The molecule has 1 rings (SSSR count). The van der Waals surface area contributed by atoms with Crippen molar-refractivity contribution in [3.63, 3.8) is 0 Å². The number of carbonyl (C=O) groups is 1. The fraction of sp³-hybridized carbons (Fsp3) is 0.909. The minimum absolute atomic E-state index is 0.160. The Labute approximate surface area is 119 Å². The zero-order valence-corrected chi connectivity index (χ0v) is 13.6. The summed E-state index contributed by atoms with van der Waals surface area (Å²) in [5.74, 6) is 0.533. The molecule has 0 aromatic rings. The second-order valence-electron chi connectivity index (χ2n) is 4.00. The third kappa shape index (κ3) is 5.57. The summed E-state index contributed by atoms with van der Waals surface area (Å²) in [7, 11) is 0. The van der Waals surface area contributed by atoms with E-state index >= 15 is 0 Å². The van der Waals surface area contributed by atoms with E-state index in [0.717, 1.165) is 25.9 Å². The van der Waals surface area contributed by atoms with Crippen LogP contribution in [-0.4, -0.2) is 42.9 Å². The van der Waals surface area contributed by atoms with Crippen LogP contribution in [0, 0.1) is 0 Å². The highest BCUT2D eigenvalue weighted by atomic mass is 32.9. The highest BCUT2D eigenvalue weighted by Crippen LogP contribution is 2.60. The van der Waals surface area contributed by atoms with Crippen LogP contribution in [0.1, 0.15) is 33.1 Å². The smallest absolute Gasteiger partial charge is 0.247 e. The fourth-order valence-electron chi connectivity index (χ4n) is 1.80. The van der Waals surface area contributed by atoms with Crippen LogP contribution in [0.3, 0.4) is 0 Å². The van der Waals surface area contributed by atoms with Crippen molar-refractivity contribution in [1.29, 1.82) is 0 Å². The van der Waals surface area contributed by atoms with Crippen molar-refractivity contribution in [3.05, 3.63) is 0 Å². The number of carbonyl (C=O) groups excluding carboxylic acids is 1. The summed E-state index contributed by atoms with van der Waals surface area (Å²) in [6.45, 7) is 6.61. The summed E-state index contributed by atoms with van der Waals surface area (Å²) in [4.78, 5) is 13.9. The number of hydrogen-bond acceptors (Lipinski definition) is 5. The zero-order chi connectivity index (χ0) is 13.4. The van der Waals surface area contributed by atoms with Gasteiger partial charge in [0.2, 0.25) is 11.6 Å². The molecule has 4 nitrogen and oxygen atoms in total. The van der Waals surface area contributed by atoms with E-state index in [0.29, 0.717) is 19.0 Å². The van der Waals surface area contributed by atoms with Crippen molar-refractivity contribution in [3.8, 4) is 0 Å². The summed E-state index contributed by atoms with van der Waals surface area (Å²) in [5.41, 5.74) is -2.32. The summed E-state index contributed by atoms with van der Waals surface area (Å²) in [6.07, 6.45) is 3.45. The molecule has 0 radical (unpaired) electrons. The van der Waals surface area contributed by atoms with Gasteiger partial charge in [-0.15, -0.1) is 0 Å². The van der Waals surface area contributed by atoms with Crippen molar-refractivity contribution in [2.75, 3.05) is 32.1 Å². The maximum atomic E-state index is 12.0. The molecule has 0 spiro atoms. The van der Waals surface area contributed by atoms with E-state index in [2.05, 4.69) is 0 Å². The first kappa shape index (κ1) is 16.4. The lowest BCUT2D eigenvalue weighted by Crippen LogP contribution is -2.36. The SMILES string of the molecule is CCOP(=S)(OCC)SCC(=O)N1CCCCC1. The van der Waals surface area contributed by atoms with E-state index in [-0.39, 0.29) is 5.91 Å². The van der Waals surface area contributed by atoms with Crippen LogP contribution < -0.4 is 0 Å². The fourth-order valence-corrected chi connectivity index (χ4v) is 6.10. The predicted octanol–water partition coefficient (Wildman–Crippen LogP) is 3.03. The molecule has 0 aliphatic carbocycles. The molecule has 106 valence electrons. The van der Waals surface area contributed by atoms with Gasteiger partial charge in [0.05, 0.1) is 19.0 Å². The van der Waals surface area contributed by atoms with Gasteiger partial charge >= 0.3 is 0 Å². The molecule has 0 atom stereocenters. The summed E-state index contributed by atoms with van der Waals surface area (Å²) in [5, 5.41) is 0. The molecule has 0 unspecified atom stereocenters. The minimum atomic E-state index is -2.32. The lowest BCUT2D eigenvalue weighted by Gasteiger charge is -2.27. The molecule has 1 saturated heterocycles. The van der Waals surface area contributed by atoms with Crippen molar-refractivity contribution in [1.82, 2.24) is 4.90 Å². The van der Waals surface area contributed by atoms with Crippen LogP contribution in [0.2, 0.25) is 0 Å². The lowest BCUT2D eigenvalue weighted by atomic mass is 10.1. The highest BCUT2D eigenvalue weighted by Gasteiger charge is 2.23. The molecule has 0 N–H and O–H groups in total. The lowest BCUT2D eigenvalue weighted by molar-refractivity contribution is -0.129. The van der Waals surface area contributed by atoms with Gasteiger partial charge in [-0.3, -0.25) is 4.79 Å². The first-order valence-corrected chi connectivity index (χ1v) is 10.7. The molecule has 7 heteroatoms. The second-order valence-corrected chi connectivity index (χ2v) is 10.3. The average Bonchev–Trinajstić information content (AvgIpc) is 2.38. The number of likely N-dealkylation sites (tertiary alicyclic amines) is 1. The number of rotatable bonds is 7. The second kappa shape index (κ2) is 8.54. The van der Waals surface area contributed by atoms with Gasteiger partial charge in [-0.25, -0.2) is 0 Å². The molecule has 18 heavy (non-hydrogen) atoms. The van der Waals surface area contributed by atoms with Gasteiger partial charge in [-0.05, 0) is 44.9 Å². The largest absolute Gasteiger partial charge is 0.342 e. The molecule has 0 saturated carbocycles. The van der Waals surface area contributed by atoms with Crippen molar-refractivity contribution in [2.24, 2.45) is 0 Å². The standard InChI is InChI=1S/C11H22NO3PS2/c1-3-14-16(17,15-4-2)18-10-11(13)12-8-6-5-7-9-12/h3-10H2,1-2H3. The van der Waals surface area contributed by atoms with Crippen LogP contribution >= 0.6 is 17.1 Å². The van der Waals surface area contributed by atoms with E-state index in [4.69, 9.17) is 20.9 Å². The van der Waals surface area contributed by atoms with Crippen LogP contribution in [0.4, 0.5) is 0 Å². The van der Waals surface area contributed by atoms with Crippen LogP contribution in [0.25, 0.3) is 0 Å². The molecule has 1 aliphatic heterocycles. The number of piperidine rings is 1. The molecule has 1 fully saturated rings. The Kier molecular flexibility index (Phi) is 7.80. The van der Waals surface area contributed by atoms with Gasteiger partial charge in [0.25, 0.3) is 0 Å². The van der Waals surface area contributed by atoms with Gasteiger partial charge < -0.3 is 13.9 Å². The Hall–Kier alpha value is 0.390. The third-order valence-corrected chi connectivity index (χ3v) is 8.02. The Morgan fingerprint density at radius 2 is 1.78 bits per heavy atom. The number of hydrogen-bond donors (Lipinski definition) is 0. The summed E-state index contributed by atoms with van der Waals surface area (Å²) < 4.78 is 11.0. The topological polar surface area (TPSA) is 38.8 Å². The first-order chi connectivity index (χ1) is 8.61. The Morgan fingerprint density at radius 1 is 1.22 bits per heavy atom. The monoisotopic (exact) mass is 311 g/mol. The minimum Gasteiger partial charge on any atom is -0.342 e. The zero-order valence-electron chi connectivity index (χ0n) is 11.1. The predicted molar refractivity (Wildman–Crippen MR) is 80.4 cm³/mol. The molecule has 0 bridgehead atoms. The third-order valence-electron chi connectivity index (χ3n) is 2.63. The van der Waals surface area contributed by atoms with Crippen LogP contribution in [-0.2, 0) is 25.6 Å². The molecular formula is C11H22NO3PS2. The molecule has 1 heterocycles. The van der Waals surface area contributed by atoms with Crippen molar-refractivity contribution < 1.29 is 13.8 Å². The first-order valence-electron chi connectivity index (χ1n) is 6.42. The van der Waals surface area contributed by atoms with Gasteiger partial charge in [0, 0.05) is 13.1 Å². The Balaban J connectivity index is 2.40. The van der Waals surface area contributed by atoms with E-state index in [1.54, 1.807) is 0 Å². The van der Waals surface area contributed by atoms with E-state index in [1.165, 1.54) is 17.8 Å². The number of nitrogens with zero attached hydrogens (tertiary/aromatic N) is 1. The van der Waals surface area contributed by atoms with Gasteiger partial charge in [-0.2, -0.15) is 0 Å². The van der Waals surface area contributed by atoms with Gasteiger partial charge in [0.15, 0.2) is 0 Å². The summed E-state index contributed by atoms with van der Waals surface area (Å²) in [6, 6.07) is 0. The maximum Gasteiger partial charge on any atom is 0.247 e. The molecule has 0 aromatic carbocycles. The number of amides is 1. The molecular weight excluding hydrogens is 289 g/mol. The van der Waals surface area contributed by atoms with Crippen molar-refractivity contribution in [2.45, 2.75) is 33.1 Å². The maximum absolute atomic E-state index is 12.0.